The van der Waals surface area contributed by atoms with Gasteiger partial charge in [0.05, 0.1) is 16.6 Å². The predicted octanol–water partition coefficient (Wildman–Crippen LogP) is 6.02. The van der Waals surface area contributed by atoms with Crippen molar-refractivity contribution < 1.29 is 27.8 Å². The first kappa shape index (κ1) is 26.6. The van der Waals surface area contributed by atoms with Gasteiger partial charge in [0.1, 0.15) is 23.8 Å². The van der Waals surface area contributed by atoms with Crippen LogP contribution in [0.25, 0.3) is 5.82 Å². The van der Waals surface area contributed by atoms with Gasteiger partial charge in [0.15, 0.2) is 5.82 Å². The molecule has 0 saturated heterocycles. The fourth-order valence-corrected chi connectivity index (χ4v) is 3.51. The number of pyridine rings is 1. The second-order valence-electron chi connectivity index (χ2n) is 8.02. The standard InChI is InChI=1S/C26H22ClF2N5O4/c1-16(15-37-26(36)32-17-9-11-19(12-10-17)38-18-6-3-2-4-7-18)31-25(35)20-14-34(33-22(20)23(28)29)24-21(27)8-5-13-30-24/h2-14,16,23H,15H2,1H3,(H,31,35)(H,32,36)/t16-/m0/s1. The number of amides is 2. The van der Waals surface area contributed by atoms with Crippen molar-refractivity contribution in [1.82, 2.24) is 20.1 Å². The number of nitrogens with one attached hydrogen (secondary N) is 2. The van der Waals surface area contributed by atoms with Crippen LogP contribution in [-0.4, -0.2) is 39.4 Å². The lowest BCUT2D eigenvalue weighted by atomic mass is 10.2. The van der Waals surface area contributed by atoms with Crippen molar-refractivity contribution in [2.24, 2.45) is 0 Å². The molecule has 2 aromatic carbocycles. The second kappa shape index (κ2) is 12.2. The van der Waals surface area contributed by atoms with Gasteiger partial charge < -0.3 is 14.8 Å². The summed E-state index contributed by atoms with van der Waals surface area (Å²) in [7, 11) is 0. The van der Waals surface area contributed by atoms with Gasteiger partial charge in [-0.3, -0.25) is 10.1 Å². The zero-order chi connectivity index (χ0) is 27.1. The quantitative estimate of drug-likeness (QED) is 0.268. The van der Waals surface area contributed by atoms with Crippen LogP contribution in [0.1, 0.15) is 29.4 Å². The average molecular weight is 542 g/mol. The molecule has 0 bridgehead atoms. The Kier molecular flexibility index (Phi) is 8.49. The molecule has 1 atom stereocenters. The van der Waals surface area contributed by atoms with Crippen LogP contribution >= 0.6 is 11.6 Å². The molecule has 4 rings (SSSR count). The summed E-state index contributed by atoms with van der Waals surface area (Å²) in [5.74, 6) is 0.549. The number of halogens is 3. The molecular weight excluding hydrogens is 520 g/mol. The molecule has 9 nitrogen and oxygen atoms in total. The zero-order valence-electron chi connectivity index (χ0n) is 20.0. The van der Waals surface area contributed by atoms with Gasteiger partial charge in [-0.1, -0.05) is 29.8 Å². The average Bonchev–Trinajstić information content (AvgIpc) is 3.36. The number of alkyl halides is 2. The van der Waals surface area contributed by atoms with Gasteiger partial charge in [0.25, 0.3) is 12.3 Å². The molecule has 0 aliphatic heterocycles. The first-order chi connectivity index (χ1) is 18.3. The van der Waals surface area contributed by atoms with E-state index in [9.17, 15) is 18.4 Å². The molecule has 0 spiro atoms. The number of rotatable bonds is 9. The maximum absolute atomic E-state index is 13.6. The zero-order valence-corrected chi connectivity index (χ0v) is 20.7. The van der Waals surface area contributed by atoms with Crippen LogP contribution in [0.2, 0.25) is 5.02 Å². The number of anilines is 1. The van der Waals surface area contributed by atoms with Crippen molar-refractivity contribution in [3.8, 4) is 17.3 Å². The maximum Gasteiger partial charge on any atom is 0.411 e. The lowest BCUT2D eigenvalue weighted by Crippen LogP contribution is -2.37. The van der Waals surface area contributed by atoms with Crippen LogP contribution in [0.4, 0.5) is 19.3 Å². The summed E-state index contributed by atoms with van der Waals surface area (Å²) in [4.78, 5) is 28.9. The monoisotopic (exact) mass is 541 g/mol. The predicted molar refractivity (Wildman–Crippen MR) is 136 cm³/mol. The van der Waals surface area contributed by atoms with Crippen molar-refractivity contribution >= 4 is 29.3 Å². The number of carbonyl (C=O) groups is 2. The Hall–Kier alpha value is -4.51. The van der Waals surface area contributed by atoms with E-state index in [-0.39, 0.29) is 23.0 Å². The normalized spacial score (nSPS) is 11.6. The van der Waals surface area contributed by atoms with Crippen molar-refractivity contribution in [3.63, 3.8) is 0 Å². The Balaban J connectivity index is 1.30. The third kappa shape index (κ3) is 6.83. The van der Waals surface area contributed by atoms with Crippen LogP contribution in [-0.2, 0) is 4.74 Å². The van der Waals surface area contributed by atoms with Crippen molar-refractivity contribution in [3.05, 3.63) is 95.4 Å². The first-order valence-corrected chi connectivity index (χ1v) is 11.7. The second-order valence-corrected chi connectivity index (χ2v) is 8.43. The van der Waals surface area contributed by atoms with Crippen LogP contribution < -0.4 is 15.4 Å². The summed E-state index contributed by atoms with van der Waals surface area (Å²) in [6.07, 6.45) is -1.23. The molecule has 4 aromatic rings. The van der Waals surface area contributed by atoms with E-state index >= 15 is 0 Å². The Bertz CT molecular complexity index is 1400. The number of hydrogen-bond donors (Lipinski definition) is 2. The van der Waals surface area contributed by atoms with E-state index in [0.717, 1.165) is 10.9 Å². The van der Waals surface area contributed by atoms with E-state index in [0.29, 0.717) is 17.2 Å². The van der Waals surface area contributed by atoms with E-state index in [1.165, 1.54) is 12.3 Å². The number of hydrogen-bond acceptors (Lipinski definition) is 6. The molecule has 2 amide bonds. The molecule has 0 fully saturated rings. The molecule has 0 aliphatic rings. The van der Waals surface area contributed by atoms with Crippen molar-refractivity contribution in [2.45, 2.75) is 19.4 Å². The molecule has 38 heavy (non-hydrogen) atoms. The van der Waals surface area contributed by atoms with Crippen molar-refractivity contribution in [1.29, 1.82) is 0 Å². The van der Waals surface area contributed by atoms with Gasteiger partial charge in [-0.05, 0) is 55.5 Å². The van der Waals surface area contributed by atoms with E-state index < -0.39 is 30.2 Å². The molecule has 12 heteroatoms. The fraction of sp³-hybridized carbons (Fsp3) is 0.154. The smallest absolute Gasteiger partial charge is 0.411 e. The number of nitrogens with zero attached hydrogens (tertiary/aromatic N) is 3. The highest BCUT2D eigenvalue weighted by Gasteiger charge is 2.25. The van der Waals surface area contributed by atoms with Crippen LogP contribution in [0, 0.1) is 0 Å². The highest BCUT2D eigenvalue weighted by Crippen LogP contribution is 2.25. The molecule has 0 aliphatic carbocycles. The minimum Gasteiger partial charge on any atom is -0.457 e. The van der Waals surface area contributed by atoms with Gasteiger partial charge in [0.2, 0.25) is 0 Å². The minimum atomic E-state index is -3.01. The fourth-order valence-electron chi connectivity index (χ4n) is 3.31. The number of benzene rings is 2. The van der Waals surface area contributed by atoms with E-state index in [1.807, 2.05) is 30.3 Å². The highest BCUT2D eigenvalue weighted by atomic mass is 35.5. The highest BCUT2D eigenvalue weighted by molar-refractivity contribution is 6.32. The third-order valence-electron chi connectivity index (χ3n) is 5.07. The summed E-state index contributed by atoms with van der Waals surface area (Å²) in [6, 6.07) is 18.3. The number of carbonyl (C=O) groups excluding carboxylic acids is 2. The molecule has 2 aromatic heterocycles. The SMILES string of the molecule is C[C@@H](COC(=O)Nc1ccc(Oc2ccccc2)cc1)NC(=O)c1cn(-c2ncccc2Cl)nc1C(F)F. The molecular formula is C26H22ClF2N5O4. The molecule has 2 heterocycles. The molecule has 0 unspecified atom stereocenters. The van der Waals surface area contributed by atoms with Crippen LogP contribution in [0.5, 0.6) is 11.5 Å². The molecule has 2 N–H and O–H groups in total. The van der Waals surface area contributed by atoms with E-state index in [4.69, 9.17) is 21.1 Å². The Morgan fingerprint density at radius 2 is 1.74 bits per heavy atom. The summed E-state index contributed by atoms with van der Waals surface area (Å²) in [5, 5.41) is 9.03. The molecule has 0 saturated carbocycles. The summed E-state index contributed by atoms with van der Waals surface area (Å²) in [5.41, 5.74) is -0.611. The third-order valence-corrected chi connectivity index (χ3v) is 5.37. The van der Waals surface area contributed by atoms with Gasteiger partial charge in [0, 0.05) is 18.1 Å². The van der Waals surface area contributed by atoms with Gasteiger partial charge >= 0.3 is 6.09 Å². The van der Waals surface area contributed by atoms with Gasteiger partial charge in [-0.2, -0.15) is 5.10 Å². The van der Waals surface area contributed by atoms with E-state index in [2.05, 4.69) is 20.7 Å². The number of para-hydroxylation sites is 1. The topological polar surface area (TPSA) is 107 Å². The number of ether oxygens (including phenoxy) is 2. The lowest BCUT2D eigenvalue weighted by Gasteiger charge is -2.14. The van der Waals surface area contributed by atoms with E-state index in [1.54, 1.807) is 37.3 Å². The van der Waals surface area contributed by atoms with Crippen LogP contribution in [0.15, 0.2) is 79.1 Å². The maximum atomic E-state index is 13.6. The summed E-state index contributed by atoms with van der Waals surface area (Å²) < 4.78 is 39.0. The summed E-state index contributed by atoms with van der Waals surface area (Å²) >= 11 is 6.06. The Labute approximate surface area is 221 Å². The minimum absolute atomic E-state index is 0.0998. The molecule has 196 valence electrons. The first-order valence-electron chi connectivity index (χ1n) is 11.4. The summed E-state index contributed by atoms with van der Waals surface area (Å²) in [6.45, 7) is 1.35. The lowest BCUT2D eigenvalue weighted by molar-refractivity contribution is 0.0896. The van der Waals surface area contributed by atoms with Gasteiger partial charge in [-0.25, -0.2) is 23.2 Å². The van der Waals surface area contributed by atoms with Gasteiger partial charge in [-0.15, -0.1) is 0 Å². The Morgan fingerprint density at radius 3 is 2.42 bits per heavy atom. The Morgan fingerprint density at radius 1 is 1.03 bits per heavy atom. The van der Waals surface area contributed by atoms with Crippen molar-refractivity contribution in [2.75, 3.05) is 11.9 Å². The molecule has 0 radical (unpaired) electrons. The van der Waals surface area contributed by atoms with Crippen LogP contribution in [0.3, 0.4) is 0 Å². The largest absolute Gasteiger partial charge is 0.457 e. The number of aromatic nitrogens is 3.